The number of nitrogens with one attached hydrogen (secondary N) is 2. The highest BCUT2D eigenvalue weighted by atomic mass is 19.1. The second-order valence-corrected chi connectivity index (χ2v) is 4.90. The summed E-state index contributed by atoms with van der Waals surface area (Å²) < 4.78 is 23.5. The van der Waals surface area contributed by atoms with Crippen molar-refractivity contribution in [1.82, 2.24) is 10.6 Å². The first kappa shape index (κ1) is 14.9. The second-order valence-electron chi connectivity index (χ2n) is 4.90. The number of hydrogen-bond donors (Lipinski definition) is 2. The lowest BCUT2D eigenvalue weighted by molar-refractivity contribution is 0.174. The molecule has 0 radical (unpaired) electrons. The Morgan fingerprint density at radius 3 is 2.91 bits per heavy atom. The maximum absolute atomic E-state index is 13.0. The van der Waals surface area contributed by atoms with E-state index in [4.69, 9.17) is 9.47 Å². The summed E-state index contributed by atoms with van der Waals surface area (Å²) in [4.78, 5) is 11.7. The van der Waals surface area contributed by atoms with Crippen molar-refractivity contribution >= 4 is 12.1 Å². The summed E-state index contributed by atoms with van der Waals surface area (Å²) in [5.74, 6) is 1.06. The number of fused-ring (bicyclic) bond motifs is 1. The van der Waals surface area contributed by atoms with Gasteiger partial charge in [0.2, 0.25) is 6.79 Å². The van der Waals surface area contributed by atoms with E-state index in [2.05, 4.69) is 10.6 Å². The van der Waals surface area contributed by atoms with Crippen molar-refractivity contribution in [3.05, 3.63) is 65.6 Å². The minimum absolute atomic E-state index is 0.220. The summed E-state index contributed by atoms with van der Waals surface area (Å²) in [5.41, 5.74) is 1.57. The fourth-order valence-electron chi connectivity index (χ4n) is 2.11. The minimum atomic E-state index is -0.352. The van der Waals surface area contributed by atoms with Crippen molar-refractivity contribution in [2.75, 3.05) is 6.79 Å². The normalized spacial score (nSPS) is 12.4. The fraction of sp³-hybridized carbons (Fsp3) is 0.118. The Morgan fingerprint density at radius 1 is 1.17 bits per heavy atom. The molecule has 0 fully saturated rings. The zero-order valence-corrected chi connectivity index (χ0v) is 12.2. The van der Waals surface area contributed by atoms with Crippen LogP contribution < -0.4 is 20.1 Å². The SMILES string of the molecule is O=C(N/C=C/c1cccc(F)c1)NCc1ccc2c(c1)OCO2. The van der Waals surface area contributed by atoms with Gasteiger partial charge in [-0.05, 0) is 41.5 Å². The van der Waals surface area contributed by atoms with Gasteiger partial charge in [-0.1, -0.05) is 18.2 Å². The lowest BCUT2D eigenvalue weighted by Gasteiger charge is -2.05. The predicted molar refractivity (Wildman–Crippen MR) is 83.4 cm³/mol. The van der Waals surface area contributed by atoms with Crippen LogP contribution in [0.4, 0.5) is 9.18 Å². The number of carbonyl (C=O) groups is 1. The van der Waals surface area contributed by atoms with Gasteiger partial charge in [-0.15, -0.1) is 0 Å². The number of halogens is 1. The van der Waals surface area contributed by atoms with Crippen LogP contribution in [0.2, 0.25) is 0 Å². The number of urea groups is 1. The standard InChI is InChI=1S/C17H15FN2O3/c18-14-3-1-2-12(8-14)6-7-19-17(21)20-10-13-4-5-15-16(9-13)23-11-22-15/h1-9H,10-11H2,(H2,19,20,21)/b7-6+. The lowest BCUT2D eigenvalue weighted by atomic mass is 10.2. The Labute approximate surface area is 132 Å². The molecule has 1 heterocycles. The van der Waals surface area contributed by atoms with Crippen LogP contribution in [0.1, 0.15) is 11.1 Å². The highest BCUT2D eigenvalue weighted by molar-refractivity contribution is 5.75. The number of amides is 2. The molecule has 118 valence electrons. The quantitative estimate of drug-likeness (QED) is 0.912. The molecule has 0 unspecified atom stereocenters. The van der Waals surface area contributed by atoms with Gasteiger partial charge in [0, 0.05) is 12.7 Å². The van der Waals surface area contributed by atoms with Crippen LogP contribution in [0.25, 0.3) is 6.08 Å². The van der Waals surface area contributed by atoms with Gasteiger partial charge in [0.1, 0.15) is 5.82 Å². The van der Waals surface area contributed by atoms with Crippen molar-refractivity contribution in [1.29, 1.82) is 0 Å². The van der Waals surface area contributed by atoms with Gasteiger partial charge in [0.05, 0.1) is 0 Å². The molecule has 2 amide bonds. The van der Waals surface area contributed by atoms with E-state index in [1.54, 1.807) is 24.3 Å². The Bertz CT molecular complexity index is 746. The van der Waals surface area contributed by atoms with E-state index in [0.717, 1.165) is 5.56 Å². The first-order chi connectivity index (χ1) is 11.2. The third kappa shape index (κ3) is 4.00. The van der Waals surface area contributed by atoms with Crippen LogP contribution in [-0.2, 0) is 6.54 Å². The maximum Gasteiger partial charge on any atom is 0.319 e. The number of hydrogen-bond acceptors (Lipinski definition) is 3. The summed E-state index contributed by atoms with van der Waals surface area (Å²) in [6, 6.07) is 11.2. The molecule has 0 saturated heterocycles. The molecule has 0 aliphatic carbocycles. The molecule has 1 aliphatic rings. The van der Waals surface area contributed by atoms with Crippen molar-refractivity contribution in [3.63, 3.8) is 0 Å². The largest absolute Gasteiger partial charge is 0.454 e. The zero-order valence-electron chi connectivity index (χ0n) is 12.2. The van der Waals surface area contributed by atoms with Crippen LogP contribution >= 0.6 is 0 Å². The smallest absolute Gasteiger partial charge is 0.319 e. The van der Waals surface area contributed by atoms with Gasteiger partial charge in [0.15, 0.2) is 11.5 Å². The van der Waals surface area contributed by atoms with Crippen LogP contribution in [0.5, 0.6) is 11.5 Å². The average Bonchev–Trinajstić information content (AvgIpc) is 3.00. The summed E-state index contributed by atoms with van der Waals surface area (Å²) in [5, 5.41) is 5.28. The van der Waals surface area contributed by atoms with Crippen LogP contribution in [-0.4, -0.2) is 12.8 Å². The molecule has 2 aromatic carbocycles. The van der Waals surface area contributed by atoms with Gasteiger partial charge < -0.3 is 20.1 Å². The highest BCUT2D eigenvalue weighted by Gasteiger charge is 2.13. The monoisotopic (exact) mass is 314 g/mol. The van der Waals surface area contributed by atoms with E-state index in [1.165, 1.54) is 18.3 Å². The first-order valence-electron chi connectivity index (χ1n) is 7.06. The van der Waals surface area contributed by atoms with Gasteiger partial charge in [-0.3, -0.25) is 0 Å². The van der Waals surface area contributed by atoms with Gasteiger partial charge in [-0.25, -0.2) is 9.18 Å². The molecule has 6 heteroatoms. The van der Waals surface area contributed by atoms with E-state index in [1.807, 2.05) is 12.1 Å². The van der Waals surface area contributed by atoms with Gasteiger partial charge in [-0.2, -0.15) is 0 Å². The Hall–Kier alpha value is -3.02. The Kier molecular flexibility index (Phi) is 4.42. The molecule has 3 rings (SSSR count). The van der Waals surface area contributed by atoms with E-state index >= 15 is 0 Å². The van der Waals surface area contributed by atoms with Crippen LogP contribution in [0, 0.1) is 5.82 Å². The molecule has 0 aromatic heterocycles. The van der Waals surface area contributed by atoms with E-state index < -0.39 is 0 Å². The summed E-state index contributed by atoms with van der Waals surface area (Å²) in [6.45, 7) is 0.577. The topological polar surface area (TPSA) is 59.6 Å². The molecule has 2 N–H and O–H groups in total. The van der Waals surface area contributed by atoms with Gasteiger partial charge >= 0.3 is 6.03 Å². The fourth-order valence-corrected chi connectivity index (χ4v) is 2.11. The van der Waals surface area contributed by atoms with Crippen LogP contribution in [0.3, 0.4) is 0 Å². The molecule has 2 aromatic rings. The summed E-state index contributed by atoms with van der Waals surface area (Å²) in [7, 11) is 0. The average molecular weight is 314 g/mol. The number of carbonyl (C=O) groups excluding carboxylic acids is 1. The molecule has 5 nitrogen and oxygen atoms in total. The lowest BCUT2D eigenvalue weighted by Crippen LogP contribution is -2.31. The van der Waals surface area contributed by atoms with Gasteiger partial charge in [0.25, 0.3) is 0 Å². The Balaban J connectivity index is 1.48. The summed E-state index contributed by atoms with van der Waals surface area (Å²) >= 11 is 0. The van der Waals surface area contributed by atoms with Crippen molar-refractivity contribution < 1.29 is 18.7 Å². The van der Waals surface area contributed by atoms with E-state index in [-0.39, 0.29) is 18.6 Å². The highest BCUT2D eigenvalue weighted by Crippen LogP contribution is 2.32. The van der Waals surface area contributed by atoms with E-state index in [9.17, 15) is 9.18 Å². The molecule has 0 bridgehead atoms. The van der Waals surface area contributed by atoms with Crippen LogP contribution in [0.15, 0.2) is 48.7 Å². The predicted octanol–water partition coefficient (Wildman–Crippen LogP) is 3.02. The number of ether oxygens (including phenoxy) is 2. The third-order valence-electron chi connectivity index (χ3n) is 3.23. The number of benzene rings is 2. The first-order valence-corrected chi connectivity index (χ1v) is 7.06. The van der Waals surface area contributed by atoms with Crippen molar-refractivity contribution in [2.24, 2.45) is 0 Å². The zero-order chi connectivity index (χ0) is 16.1. The molecule has 0 saturated carbocycles. The second kappa shape index (κ2) is 6.83. The molecule has 23 heavy (non-hydrogen) atoms. The number of rotatable bonds is 4. The Morgan fingerprint density at radius 2 is 2.04 bits per heavy atom. The van der Waals surface area contributed by atoms with Crippen molar-refractivity contribution in [2.45, 2.75) is 6.54 Å². The summed E-state index contributed by atoms with van der Waals surface area (Å²) in [6.07, 6.45) is 3.08. The minimum Gasteiger partial charge on any atom is -0.454 e. The van der Waals surface area contributed by atoms with E-state index in [0.29, 0.717) is 23.6 Å². The third-order valence-corrected chi connectivity index (χ3v) is 3.23. The molecule has 0 spiro atoms. The molecular weight excluding hydrogens is 299 g/mol. The molecule has 0 atom stereocenters. The molecular formula is C17H15FN2O3. The van der Waals surface area contributed by atoms with Crippen molar-refractivity contribution in [3.8, 4) is 11.5 Å². The molecule has 1 aliphatic heterocycles. The maximum atomic E-state index is 13.0.